The number of hydrogen-bond acceptors (Lipinski definition) is 3. The molecule has 0 bridgehead atoms. The highest BCUT2D eigenvalue weighted by Crippen LogP contribution is 2.31. The topological polar surface area (TPSA) is 36.4 Å². The molecule has 0 aliphatic carbocycles. The third-order valence-electron chi connectivity index (χ3n) is 4.63. The summed E-state index contributed by atoms with van der Waals surface area (Å²) >= 11 is 6.09. The number of halogens is 2. The summed E-state index contributed by atoms with van der Waals surface area (Å²) in [6.45, 7) is 3.00. The fourth-order valence-electron chi connectivity index (χ4n) is 3.14. The van der Waals surface area contributed by atoms with E-state index in [0.29, 0.717) is 34.7 Å². The Hall–Kier alpha value is -1.88. The zero-order valence-corrected chi connectivity index (χ0v) is 14.0. The number of hydrogen-bond donors (Lipinski definition) is 0. The normalized spacial score (nSPS) is 15.9. The van der Waals surface area contributed by atoms with Crippen molar-refractivity contribution in [3.05, 3.63) is 35.2 Å². The van der Waals surface area contributed by atoms with Gasteiger partial charge < -0.3 is 9.80 Å². The number of aromatic nitrogens is 1. The fourth-order valence-corrected chi connectivity index (χ4v) is 3.34. The van der Waals surface area contributed by atoms with Crippen molar-refractivity contribution in [1.29, 1.82) is 0 Å². The Morgan fingerprint density at radius 3 is 2.70 bits per heavy atom. The molecular formula is C17H19ClFN3O. The molecule has 4 nitrogen and oxygen atoms in total. The first-order valence-electron chi connectivity index (χ1n) is 7.70. The van der Waals surface area contributed by atoms with Crippen LogP contribution in [0.5, 0.6) is 0 Å². The van der Waals surface area contributed by atoms with Crippen LogP contribution in [0.3, 0.4) is 0 Å². The summed E-state index contributed by atoms with van der Waals surface area (Å²) in [5.41, 5.74) is 0.856. The van der Waals surface area contributed by atoms with Gasteiger partial charge in [-0.2, -0.15) is 0 Å². The Bertz CT molecular complexity index is 744. The molecule has 2 aromatic rings. The van der Waals surface area contributed by atoms with E-state index in [1.54, 1.807) is 24.0 Å². The number of amides is 1. The summed E-state index contributed by atoms with van der Waals surface area (Å²) in [6.07, 6.45) is 3.18. The van der Waals surface area contributed by atoms with Crippen LogP contribution in [0.1, 0.15) is 19.8 Å². The van der Waals surface area contributed by atoms with Gasteiger partial charge in [-0.15, -0.1) is 0 Å². The minimum Gasteiger partial charge on any atom is -0.369 e. The molecule has 1 fully saturated rings. The lowest BCUT2D eigenvalue weighted by atomic mass is 10.0. The summed E-state index contributed by atoms with van der Waals surface area (Å²) in [4.78, 5) is 19.4. The van der Waals surface area contributed by atoms with Gasteiger partial charge in [0.05, 0.1) is 10.7 Å². The van der Waals surface area contributed by atoms with Gasteiger partial charge in [0.15, 0.2) is 5.82 Å². The number of piperidine rings is 1. The van der Waals surface area contributed by atoms with E-state index in [1.165, 1.54) is 6.20 Å². The van der Waals surface area contributed by atoms with Gasteiger partial charge in [0.25, 0.3) is 0 Å². The van der Waals surface area contributed by atoms with E-state index in [9.17, 15) is 9.18 Å². The molecule has 0 radical (unpaired) electrons. The molecule has 1 aliphatic rings. The third kappa shape index (κ3) is 2.98. The van der Waals surface area contributed by atoms with E-state index < -0.39 is 0 Å². The van der Waals surface area contributed by atoms with Crippen molar-refractivity contribution in [2.75, 3.05) is 25.0 Å². The minimum atomic E-state index is -0.330. The molecule has 0 saturated carbocycles. The number of anilines is 1. The maximum Gasteiger partial charge on any atom is 0.219 e. The quantitative estimate of drug-likeness (QED) is 0.843. The first-order valence-corrected chi connectivity index (χ1v) is 8.08. The van der Waals surface area contributed by atoms with Crippen molar-refractivity contribution >= 4 is 34.1 Å². The molecule has 3 rings (SSSR count). The number of benzene rings is 1. The molecule has 1 aromatic heterocycles. The summed E-state index contributed by atoms with van der Waals surface area (Å²) in [5, 5.41) is 1.13. The van der Waals surface area contributed by atoms with Crippen molar-refractivity contribution in [3.63, 3.8) is 0 Å². The van der Waals surface area contributed by atoms with Crippen LogP contribution in [0.25, 0.3) is 10.9 Å². The molecular weight excluding hydrogens is 317 g/mol. The van der Waals surface area contributed by atoms with E-state index in [2.05, 4.69) is 4.98 Å². The molecule has 0 N–H and O–H groups in total. The van der Waals surface area contributed by atoms with Crippen LogP contribution >= 0.6 is 11.6 Å². The van der Waals surface area contributed by atoms with Gasteiger partial charge in [-0.25, -0.2) is 4.39 Å². The standard InChI is InChI=1S/C17H19ClFN3O/c1-11(23)21(2)12-6-9-22(10-7-12)15-4-3-13-14(18)5-8-20-17(13)16(15)19/h3-5,8,12H,6-7,9-10H2,1-2H3. The lowest BCUT2D eigenvalue weighted by Crippen LogP contribution is -2.45. The van der Waals surface area contributed by atoms with Crippen LogP contribution in [-0.2, 0) is 4.79 Å². The number of fused-ring (bicyclic) bond motifs is 1. The van der Waals surface area contributed by atoms with Crippen molar-refractivity contribution in [3.8, 4) is 0 Å². The fraction of sp³-hybridized carbons (Fsp3) is 0.412. The second kappa shape index (κ2) is 6.32. The van der Waals surface area contributed by atoms with Crippen molar-refractivity contribution in [2.24, 2.45) is 0 Å². The highest BCUT2D eigenvalue weighted by atomic mass is 35.5. The zero-order valence-electron chi connectivity index (χ0n) is 13.2. The Morgan fingerprint density at radius 1 is 1.35 bits per heavy atom. The van der Waals surface area contributed by atoms with E-state index >= 15 is 0 Å². The summed E-state index contributed by atoms with van der Waals surface area (Å²) < 4.78 is 14.8. The van der Waals surface area contributed by atoms with E-state index in [0.717, 1.165) is 12.8 Å². The van der Waals surface area contributed by atoms with E-state index in [4.69, 9.17) is 11.6 Å². The lowest BCUT2D eigenvalue weighted by molar-refractivity contribution is -0.129. The molecule has 1 amide bonds. The molecule has 2 heterocycles. The number of nitrogens with zero attached hydrogens (tertiary/aromatic N) is 3. The van der Waals surface area contributed by atoms with E-state index in [-0.39, 0.29) is 17.8 Å². The maximum absolute atomic E-state index is 14.8. The first-order chi connectivity index (χ1) is 11.0. The van der Waals surface area contributed by atoms with Crippen molar-refractivity contribution in [2.45, 2.75) is 25.8 Å². The first kappa shape index (κ1) is 16.0. The van der Waals surface area contributed by atoms with Crippen LogP contribution in [0.4, 0.5) is 10.1 Å². The Kier molecular flexibility index (Phi) is 4.39. The van der Waals surface area contributed by atoms with Gasteiger partial charge in [-0.3, -0.25) is 9.78 Å². The summed E-state index contributed by atoms with van der Waals surface area (Å²) in [7, 11) is 1.82. The molecule has 6 heteroatoms. The molecule has 1 saturated heterocycles. The third-order valence-corrected chi connectivity index (χ3v) is 4.96. The average Bonchev–Trinajstić information content (AvgIpc) is 2.55. The van der Waals surface area contributed by atoms with Gasteiger partial charge in [-0.1, -0.05) is 11.6 Å². The maximum atomic E-state index is 14.8. The average molecular weight is 336 g/mol. The van der Waals surface area contributed by atoms with Crippen LogP contribution in [0.2, 0.25) is 5.02 Å². The SMILES string of the molecule is CC(=O)N(C)C1CCN(c2ccc3c(Cl)ccnc3c2F)CC1. The summed E-state index contributed by atoms with van der Waals surface area (Å²) in [5.74, 6) is -0.262. The number of carbonyl (C=O) groups is 1. The summed E-state index contributed by atoms with van der Waals surface area (Å²) in [6, 6.07) is 5.46. The smallest absolute Gasteiger partial charge is 0.219 e. The van der Waals surface area contributed by atoms with Gasteiger partial charge in [0.1, 0.15) is 5.52 Å². The van der Waals surface area contributed by atoms with Gasteiger partial charge in [0, 0.05) is 44.7 Å². The van der Waals surface area contributed by atoms with Crippen LogP contribution in [-0.4, -0.2) is 42.0 Å². The Balaban J connectivity index is 1.83. The highest BCUT2D eigenvalue weighted by Gasteiger charge is 2.25. The second-order valence-electron chi connectivity index (χ2n) is 5.94. The zero-order chi connectivity index (χ0) is 16.6. The predicted molar refractivity (Wildman–Crippen MR) is 90.4 cm³/mol. The Morgan fingerprint density at radius 2 is 2.04 bits per heavy atom. The van der Waals surface area contributed by atoms with Gasteiger partial charge in [0.2, 0.25) is 5.91 Å². The minimum absolute atomic E-state index is 0.0687. The molecule has 122 valence electrons. The largest absolute Gasteiger partial charge is 0.369 e. The number of pyridine rings is 1. The van der Waals surface area contributed by atoms with Crippen LogP contribution in [0, 0.1) is 5.82 Å². The number of rotatable bonds is 2. The van der Waals surface area contributed by atoms with Crippen molar-refractivity contribution < 1.29 is 9.18 Å². The van der Waals surface area contributed by atoms with Crippen molar-refractivity contribution in [1.82, 2.24) is 9.88 Å². The molecule has 23 heavy (non-hydrogen) atoms. The van der Waals surface area contributed by atoms with Crippen LogP contribution < -0.4 is 4.90 Å². The number of carbonyl (C=O) groups excluding carboxylic acids is 1. The lowest BCUT2D eigenvalue weighted by Gasteiger charge is -2.37. The molecule has 1 aromatic carbocycles. The van der Waals surface area contributed by atoms with Crippen LogP contribution in [0.15, 0.2) is 24.4 Å². The van der Waals surface area contributed by atoms with Gasteiger partial charge >= 0.3 is 0 Å². The monoisotopic (exact) mass is 335 g/mol. The molecule has 1 aliphatic heterocycles. The second-order valence-corrected chi connectivity index (χ2v) is 6.34. The predicted octanol–water partition coefficient (Wildman–Crippen LogP) is 3.47. The molecule has 0 unspecified atom stereocenters. The van der Waals surface area contributed by atoms with E-state index in [1.807, 2.05) is 18.0 Å². The Labute approximate surface area is 139 Å². The highest BCUT2D eigenvalue weighted by molar-refractivity contribution is 6.35. The van der Waals surface area contributed by atoms with Gasteiger partial charge in [-0.05, 0) is 31.0 Å². The molecule has 0 atom stereocenters. The molecule has 0 spiro atoms.